The molecule has 1 saturated heterocycles. The highest BCUT2D eigenvalue weighted by Crippen LogP contribution is 2.36. The lowest BCUT2D eigenvalue weighted by atomic mass is 9.79. The summed E-state index contributed by atoms with van der Waals surface area (Å²) >= 11 is 5.75. The molecular formula is C11H14BClFNO2. The molecule has 1 aliphatic heterocycles. The fourth-order valence-corrected chi connectivity index (χ4v) is 1.74. The Labute approximate surface area is 105 Å². The largest absolute Gasteiger partial charge is 0.498 e. The molecule has 0 saturated carbocycles. The highest BCUT2D eigenvalue weighted by atomic mass is 35.5. The Bertz CT molecular complexity index is 437. The van der Waals surface area contributed by atoms with Gasteiger partial charge in [-0.25, -0.2) is 9.37 Å². The van der Waals surface area contributed by atoms with E-state index in [0.29, 0.717) is 0 Å². The normalized spacial score (nSPS) is 21.9. The molecule has 0 aromatic carbocycles. The Morgan fingerprint density at radius 3 is 2.29 bits per heavy atom. The van der Waals surface area contributed by atoms with Gasteiger partial charge in [0, 0.05) is 5.46 Å². The molecule has 92 valence electrons. The molecule has 6 heteroatoms. The Balaban J connectivity index is 2.35. The molecule has 17 heavy (non-hydrogen) atoms. The standard InChI is InChI=1S/C11H14BClFNO2/c1-10(2)11(3,4)17-12(16-10)7-5-9(13)15-6-8(7)14/h5-6H,1-4H3. The predicted molar refractivity (Wildman–Crippen MR) is 64.9 cm³/mol. The average molecular weight is 258 g/mol. The maximum atomic E-state index is 13.6. The minimum absolute atomic E-state index is 0.219. The van der Waals surface area contributed by atoms with E-state index in [1.807, 2.05) is 27.7 Å². The summed E-state index contributed by atoms with van der Waals surface area (Å²) in [6.07, 6.45) is 1.07. The first-order valence-electron chi connectivity index (χ1n) is 5.39. The van der Waals surface area contributed by atoms with E-state index in [1.54, 1.807) is 0 Å². The maximum absolute atomic E-state index is 13.6. The van der Waals surface area contributed by atoms with Crippen LogP contribution in [0.5, 0.6) is 0 Å². The molecule has 0 amide bonds. The molecule has 0 bridgehead atoms. The molecule has 0 spiro atoms. The molecule has 1 fully saturated rings. The number of halogens is 2. The quantitative estimate of drug-likeness (QED) is 0.571. The van der Waals surface area contributed by atoms with Gasteiger partial charge in [0.15, 0.2) is 0 Å². The van der Waals surface area contributed by atoms with Crippen molar-refractivity contribution in [1.82, 2.24) is 4.98 Å². The third-order valence-corrected chi connectivity index (χ3v) is 3.57. The topological polar surface area (TPSA) is 31.4 Å². The van der Waals surface area contributed by atoms with Gasteiger partial charge in [0.2, 0.25) is 0 Å². The molecule has 3 nitrogen and oxygen atoms in total. The van der Waals surface area contributed by atoms with Gasteiger partial charge in [-0.15, -0.1) is 0 Å². The second-order valence-corrected chi connectivity index (χ2v) is 5.50. The smallest absolute Gasteiger partial charge is 0.399 e. The number of pyridine rings is 1. The van der Waals surface area contributed by atoms with Crippen LogP contribution in [0.3, 0.4) is 0 Å². The van der Waals surface area contributed by atoms with Gasteiger partial charge in [0.05, 0.1) is 17.4 Å². The van der Waals surface area contributed by atoms with Crippen LogP contribution in [0.15, 0.2) is 12.3 Å². The number of rotatable bonds is 1. The molecule has 1 aromatic rings. The van der Waals surface area contributed by atoms with Crippen molar-refractivity contribution >= 4 is 24.2 Å². The van der Waals surface area contributed by atoms with Crippen molar-refractivity contribution in [2.75, 3.05) is 0 Å². The maximum Gasteiger partial charge on any atom is 0.498 e. The monoisotopic (exact) mass is 257 g/mol. The van der Waals surface area contributed by atoms with Crippen LogP contribution in [-0.4, -0.2) is 23.3 Å². The van der Waals surface area contributed by atoms with Gasteiger partial charge >= 0.3 is 7.12 Å². The van der Waals surface area contributed by atoms with E-state index < -0.39 is 24.1 Å². The fraction of sp³-hybridized carbons (Fsp3) is 0.545. The van der Waals surface area contributed by atoms with Crippen molar-refractivity contribution in [1.29, 1.82) is 0 Å². The zero-order valence-electron chi connectivity index (χ0n) is 10.3. The summed E-state index contributed by atoms with van der Waals surface area (Å²) < 4.78 is 25.1. The summed E-state index contributed by atoms with van der Waals surface area (Å²) in [6, 6.07) is 1.43. The number of aromatic nitrogens is 1. The third kappa shape index (κ3) is 2.19. The summed E-state index contributed by atoms with van der Waals surface area (Å²) in [5, 5.41) is 0.219. The van der Waals surface area contributed by atoms with Crippen molar-refractivity contribution < 1.29 is 13.7 Å². The predicted octanol–water partition coefficient (Wildman–Crippen LogP) is 2.17. The molecule has 0 unspecified atom stereocenters. The van der Waals surface area contributed by atoms with Crippen molar-refractivity contribution in [3.8, 4) is 0 Å². The lowest BCUT2D eigenvalue weighted by Crippen LogP contribution is -2.41. The van der Waals surface area contributed by atoms with E-state index in [1.165, 1.54) is 6.07 Å². The first-order chi connectivity index (χ1) is 7.73. The number of nitrogens with zero attached hydrogens (tertiary/aromatic N) is 1. The summed E-state index contributed by atoms with van der Waals surface area (Å²) in [5.74, 6) is -0.479. The molecule has 0 N–H and O–H groups in total. The van der Waals surface area contributed by atoms with Gasteiger partial charge in [0.1, 0.15) is 11.0 Å². The molecule has 2 rings (SSSR count). The minimum atomic E-state index is -0.750. The zero-order chi connectivity index (χ0) is 12.8. The second-order valence-electron chi connectivity index (χ2n) is 5.12. The molecule has 0 atom stereocenters. The Kier molecular flexibility index (Phi) is 2.96. The Hall–Kier alpha value is -0.645. The van der Waals surface area contributed by atoms with Gasteiger partial charge in [-0.05, 0) is 33.8 Å². The number of hydrogen-bond acceptors (Lipinski definition) is 3. The van der Waals surface area contributed by atoms with Gasteiger partial charge in [0.25, 0.3) is 0 Å². The van der Waals surface area contributed by atoms with E-state index in [9.17, 15) is 4.39 Å². The van der Waals surface area contributed by atoms with Crippen LogP contribution in [0, 0.1) is 5.82 Å². The van der Waals surface area contributed by atoms with Crippen molar-refractivity contribution in [3.05, 3.63) is 23.2 Å². The highest BCUT2D eigenvalue weighted by molar-refractivity contribution is 6.62. The number of hydrogen-bond donors (Lipinski definition) is 0. The van der Waals surface area contributed by atoms with E-state index in [0.717, 1.165) is 6.20 Å². The molecule has 2 heterocycles. The molecule has 0 aliphatic carbocycles. The van der Waals surface area contributed by atoms with Gasteiger partial charge in [-0.1, -0.05) is 11.6 Å². The first-order valence-corrected chi connectivity index (χ1v) is 5.77. The molecule has 0 radical (unpaired) electrons. The summed E-state index contributed by atoms with van der Waals surface area (Å²) in [6.45, 7) is 7.64. The van der Waals surface area contributed by atoms with Crippen LogP contribution in [0.1, 0.15) is 27.7 Å². The van der Waals surface area contributed by atoms with Crippen LogP contribution >= 0.6 is 11.6 Å². The fourth-order valence-electron chi connectivity index (χ4n) is 1.58. The Morgan fingerprint density at radius 1 is 1.24 bits per heavy atom. The third-order valence-electron chi connectivity index (χ3n) is 3.36. The summed E-state index contributed by atoms with van der Waals surface area (Å²) in [7, 11) is -0.750. The van der Waals surface area contributed by atoms with E-state index in [4.69, 9.17) is 20.9 Å². The minimum Gasteiger partial charge on any atom is -0.399 e. The summed E-state index contributed by atoms with van der Waals surface area (Å²) in [4.78, 5) is 3.66. The lowest BCUT2D eigenvalue weighted by Gasteiger charge is -2.32. The first kappa shape index (κ1) is 12.8. The van der Waals surface area contributed by atoms with Crippen LogP contribution < -0.4 is 5.46 Å². The highest BCUT2D eigenvalue weighted by Gasteiger charge is 2.52. The van der Waals surface area contributed by atoms with Gasteiger partial charge < -0.3 is 9.31 Å². The molecular weight excluding hydrogens is 243 g/mol. The molecule has 1 aliphatic rings. The lowest BCUT2D eigenvalue weighted by molar-refractivity contribution is 0.00578. The van der Waals surface area contributed by atoms with Crippen molar-refractivity contribution in [3.63, 3.8) is 0 Å². The summed E-state index contributed by atoms with van der Waals surface area (Å²) in [5.41, 5.74) is -0.719. The van der Waals surface area contributed by atoms with E-state index in [-0.39, 0.29) is 10.6 Å². The van der Waals surface area contributed by atoms with Gasteiger partial charge in [-0.3, -0.25) is 0 Å². The zero-order valence-corrected chi connectivity index (χ0v) is 11.0. The van der Waals surface area contributed by atoms with Crippen LogP contribution in [0.4, 0.5) is 4.39 Å². The van der Waals surface area contributed by atoms with Crippen molar-refractivity contribution in [2.24, 2.45) is 0 Å². The van der Waals surface area contributed by atoms with Crippen molar-refractivity contribution in [2.45, 2.75) is 38.9 Å². The Morgan fingerprint density at radius 2 is 1.76 bits per heavy atom. The average Bonchev–Trinajstić information content (AvgIpc) is 2.40. The van der Waals surface area contributed by atoms with Gasteiger partial charge in [-0.2, -0.15) is 0 Å². The van der Waals surface area contributed by atoms with E-state index in [2.05, 4.69) is 4.98 Å². The van der Waals surface area contributed by atoms with E-state index >= 15 is 0 Å². The molecule has 1 aromatic heterocycles. The SMILES string of the molecule is CC1(C)OB(c2cc(Cl)ncc2F)OC1(C)C. The van der Waals surface area contributed by atoms with Crippen LogP contribution in [0.25, 0.3) is 0 Å². The second kappa shape index (κ2) is 3.94. The van der Waals surface area contributed by atoms with Crippen LogP contribution in [-0.2, 0) is 9.31 Å². The van der Waals surface area contributed by atoms with Crippen LogP contribution in [0.2, 0.25) is 5.15 Å².